The largest absolute Gasteiger partial charge is 0.492 e. The van der Waals surface area contributed by atoms with E-state index >= 15 is 0 Å². The van der Waals surface area contributed by atoms with E-state index in [9.17, 15) is 18.0 Å². The lowest BCUT2D eigenvalue weighted by molar-refractivity contribution is -0.130. The van der Waals surface area contributed by atoms with Crippen molar-refractivity contribution in [2.45, 2.75) is 30.8 Å². The number of ether oxygens (including phenoxy) is 1. The fourth-order valence-corrected chi connectivity index (χ4v) is 8.91. The number of benzene rings is 3. The quantitative estimate of drug-likeness (QED) is 0.124. The number of nitrogens with zero attached hydrogens (tertiary/aromatic N) is 8. The number of hydrazone groups is 1. The van der Waals surface area contributed by atoms with Gasteiger partial charge in [0.05, 0.1) is 40.1 Å². The second-order valence-electron chi connectivity index (χ2n) is 15.2. The molecule has 2 amide bonds. The Balaban J connectivity index is 0.826. The van der Waals surface area contributed by atoms with Crippen molar-refractivity contribution in [3.8, 4) is 17.0 Å². The maximum atomic E-state index is 12.9. The Kier molecular flexibility index (Phi) is 12.9. The second-order valence-corrected chi connectivity index (χ2v) is 18.3. The first-order valence-electron chi connectivity index (χ1n) is 20.0. The number of hydrogen-bond donors (Lipinski definition) is 1. The zero-order valence-corrected chi connectivity index (χ0v) is 37.2. The summed E-state index contributed by atoms with van der Waals surface area (Å²) < 4.78 is 31.4. The molecule has 1 saturated heterocycles. The molecule has 1 N–H and O–H groups in total. The third kappa shape index (κ3) is 9.94. The third-order valence-corrected chi connectivity index (χ3v) is 12.9. The van der Waals surface area contributed by atoms with Crippen LogP contribution in [0.4, 0.5) is 5.82 Å². The molecular formula is C45H43BrClN9O5S. The highest BCUT2D eigenvalue weighted by molar-refractivity contribution is 9.10. The third-order valence-electron chi connectivity index (χ3n) is 10.9. The number of pyridine rings is 2. The lowest BCUT2D eigenvalue weighted by Crippen LogP contribution is -2.47. The number of hydrogen-bond acceptors (Lipinski definition) is 12. The van der Waals surface area contributed by atoms with E-state index in [-0.39, 0.29) is 34.8 Å². The van der Waals surface area contributed by atoms with Gasteiger partial charge in [-0.3, -0.25) is 14.5 Å². The van der Waals surface area contributed by atoms with Crippen molar-refractivity contribution >= 4 is 71.7 Å². The lowest BCUT2D eigenvalue weighted by Gasteiger charge is -2.35. The number of fused-ring (bicyclic) bond motifs is 1. The molecule has 1 unspecified atom stereocenters. The van der Waals surface area contributed by atoms with Gasteiger partial charge in [-0.2, -0.15) is 10.2 Å². The molecule has 0 radical (unpaired) electrons. The first-order valence-corrected chi connectivity index (χ1v) is 23.2. The number of aryl methyl sites for hydroxylation is 1. The first-order chi connectivity index (χ1) is 29.9. The molecule has 1 fully saturated rings. The number of rotatable bonds is 13. The van der Waals surface area contributed by atoms with E-state index in [1.54, 1.807) is 31.3 Å². The van der Waals surface area contributed by atoms with Gasteiger partial charge in [0, 0.05) is 67.2 Å². The van der Waals surface area contributed by atoms with Crippen LogP contribution in [0.15, 0.2) is 118 Å². The van der Waals surface area contributed by atoms with Gasteiger partial charge in [-0.25, -0.2) is 23.4 Å². The van der Waals surface area contributed by atoms with Crippen molar-refractivity contribution in [2.24, 2.45) is 5.10 Å². The monoisotopic (exact) mass is 935 g/mol. The molecule has 0 bridgehead atoms. The molecule has 318 valence electrons. The fourth-order valence-electron chi connectivity index (χ4n) is 7.53. The molecule has 2 aliphatic rings. The van der Waals surface area contributed by atoms with Crippen LogP contribution < -0.4 is 15.0 Å². The summed E-state index contributed by atoms with van der Waals surface area (Å²) in [6.45, 7) is 6.45. The van der Waals surface area contributed by atoms with E-state index < -0.39 is 15.7 Å². The number of carbonyl (C=O) groups excluding carboxylic acids is 2. The van der Waals surface area contributed by atoms with Crippen LogP contribution in [0.1, 0.15) is 45.2 Å². The minimum Gasteiger partial charge on any atom is -0.492 e. The maximum absolute atomic E-state index is 12.9. The Morgan fingerprint density at radius 1 is 0.887 bits per heavy atom. The number of sulfone groups is 1. The molecule has 3 aromatic carbocycles. The predicted octanol–water partition coefficient (Wildman–Crippen LogP) is 6.61. The number of amides is 2. The summed E-state index contributed by atoms with van der Waals surface area (Å²) in [4.78, 5) is 39.9. The number of piperazine rings is 1. The van der Waals surface area contributed by atoms with Crippen LogP contribution in [0.3, 0.4) is 0 Å². The Morgan fingerprint density at radius 3 is 2.40 bits per heavy atom. The van der Waals surface area contributed by atoms with Gasteiger partial charge in [-0.05, 0) is 102 Å². The predicted molar refractivity (Wildman–Crippen MR) is 242 cm³/mol. The van der Waals surface area contributed by atoms with Crippen molar-refractivity contribution in [3.05, 3.63) is 136 Å². The standard InChI is InChI=1S/C45H43BrClN9O5S/c1-29-3-4-33(23-42(29)62(2,59)60)45(58)49-28-35-25-40-38(52-51-35)14-13-37(50-40)32-15-16-48-43(24-32)55-19-17-54(18-20-55)21-22-61-36-11-7-30(8-12-36)39-26-41(56(53-39)44(57)27-47)31-5-9-34(46)10-6-31/h3-16,23-25,41H,17-22,26-28H2,1-2H3,(H,49,58). The number of alkyl halides is 1. The van der Waals surface area contributed by atoms with Crippen LogP contribution in [0, 0.1) is 6.92 Å². The Bertz CT molecular complexity index is 2770. The van der Waals surface area contributed by atoms with Crippen LogP contribution >= 0.6 is 27.5 Å². The lowest BCUT2D eigenvalue weighted by atomic mass is 9.98. The van der Waals surface area contributed by atoms with Crippen LogP contribution in [-0.2, 0) is 21.2 Å². The Morgan fingerprint density at radius 2 is 1.66 bits per heavy atom. The van der Waals surface area contributed by atoms with E-state index in [0.29, 0.717) is 35.3 Å². The van der Waals surface area contributed by atoms with Gasteiger partial charge in [-0.1, -0.05) is 34.1 Å². The highest BCUT2D eigenvalue weighted by atomic mass is 79.9. The van der Waals surface area contributed by atoms with Crippen LogP contribution in [0.5, 0.6) is 5.75 Å². The Hall–Kier alpha value is -5.81. The number of carbonyl (C=O) groups is 2. The molecule has 0 aliphatic carbocycles. The van der Waals surface area contributed by atoms with E-state index in [2.05, 4.69) is 51.3 Å². The normalized spacial score (nSPS) is 15.7. The highest BCUT2D eigenvalue weighted by Gasteiger charge is 2.32. The van der Waals surface area contributed by atoms with Gasteiger partial charge in [0.2, 0.25) is 0 Å². The minimum absolute atomic E-state index is 0.0892. The summed E-state index contributed by atoms with van der Waals surface area (Å²) in [6, 6.07) is 29.7. The summed E-state index contributed by atoms with van der Waals surface area (Å²) in [7, 11) is -3.48. The Labute approximate surface area is 373 Å². The molecule has 3 aromatic heterocycles. The summed E-state index contributed by atoms with van der Waals surface area (Å²) in [5, 5.41) is 17.5. The second kappa shape index (κ2) is 18.7. The zero-order chi connectivity index (χ0) is 43.4. The zero-order valence-electron chi connectivity index (χ0n) is 34.0. The number of halogens is 2. The summed E-state index contributed by atoms with van der Waals surface area (Å²) >= 11 is 9.41. The van der Waals surface area contributed by atoms with Gasteiger partial charge >= 0.3 is 0 Å². The molecule has 62 heavy (non-hydrogen) atoms. The summed E-state index contributed by atoms with van der Waals surface area (Å²) in [5.41, 5.74) is 7.01. The van der Waals surface area contributed by atoms with E-state index in [1.807, 2.05) is 72.8 Å². The molecule has 1 atom stereocenters. The molecule has 0 saturated carbocycles. The van der Waals surface area contributed by atoms with Gasteiger partial charge in [-0.15, -0.1) is 16.7 Å². The molecule has 5 heterocycles. The van der Waals surface area contributed by atoms with E-state index in [0.717, 1.165) is 83.1 Å². The van der Waals surface area contributed by atoms with Crippen LogP contribution in [0.25, 0.3) is 22.3 Å². The van der Waals surface area contributed by atoms with Crippen LogP contribution in [0.2, 0.25) is 0 Å². The van der Waals surface area contributed by atoms with Gasteiger partial charge in [0.1, 0.15) is 29.6 Å². The van der Waals surface area contributed by atoms with Crippen molar-refractivity contribution in [1.82, 2.24) is 35.4 Å². The van der Waals surface area contributed by atoms with Gasteiger partial charge in [0.15, 0.2) is 9.84 Å². The molecular weight excluding hydrogens is 894 g/mol. The molecule has 14 nitrogen and oxygen atoms in total. The van der Waals surface area contributed by atoms with Crippen molar-refractivity contribution in [2.75, 3.05) is 56.4 Å². The fraction of sp³-hybridized carbons (Fsp3) is 0.267. The van der Waals surface area contributed by atoms with Gasteiger partial charge in [0.25, 0.3) is 11.8 Å². The molecule has 17 heteroatoms. The van der Waals surface area contributed by atoms with Crippen molar-refractivity contribution < 1.29 is 22.7 Å². The van der Waals surface area contributed by atoms with Gasteiger partial charge < -0.3 is 15.0 Å². The molecule has 8 rings (SSSR count). The van der Waals surface area contributed by atoms with Crippen LogP contribution in [-0.4, -0.2) is 107 Å². The van der Waals surface area contributed by atoms with E-state index in [1.165, 1.54) is 11.1 Å². The number of anilines is 1. The van der Waals surface area contributed by atoms with Crippen molar-refractivity contribution in [3.63, 3.8) is 0 Å². The highest BCUT2D eigenvalue weighted by Crippen LogP contribution is 2.34. The van der Waals surface area contributed by atoms with Crippen molar-refractivity contribution in [1.29, 1.82) is 0 Å². The maximum Gasteiger partial charge on any atom is 0.258 e. The minimum atomic E-state index is -3.48. The topological polar surface area (TPSA) is 163 Å². The summed E-state index contributed by atoms with van der Waals surface area (Å²) in [5.74, 6) is 0.855. The number of aromatic nitrogens is 4. The smallest absolute Gasteiger partial charge is 0.258 e. The number of nitrogens with one attached hydrogen (secondary N) is 1. The summed E-state index contributed by atoms with van der Waals surface area (Å²) in [6.07, 6.45) is 3.51. The molecule has 2 aliphatic heterocycles. The molecule has 6 aromatic rings. The van der Waals surface area contributed by atoms with E-state index in [4.69, 9.17) is 21.3 Å². The average molecular weight is 937 g/mol. The first kappa shape index (κ1) is 42.9. The average Bonchev–Trinajstić information content (AvgIpc) is 3.74. The molecule has 0 spiro atoms. The SMILES string of the molecule is Cc1ccc(C(=O)NCc2cc3nc(-c4ccnc(N5CCN(CCOc6ccc(C7=NN(C(=O)CCl)C(c8ccc(Br)cc8)C7)cc6)CC5)c4)ccc3nn2)cc1S(C)(=O)=O.